The smallest absolute Gasteiger partial charge is 0.323 e. The van der Waals surface area contributed by atoms with Crippen LogP contribution >= 0.6 is 0 Å². The molecule has 0 unspecified atom stereocenters. The van der Waals surface area contributed by atoms with Crippen molar-refractivity contribution in [2.24, 2.45) is 0 Å². The predicted octanol–water partition coefficient (Wildman–Crippen LogP) is 0.456. The number of carboxylic acid groups (broad SMARTS) is 1. The molecule has 7 nitrogen and oxygen atoms in total. The molecule has 0 bridgehead atoms. The van der Waals surface area contributed by atoms with Crippen LogP contribution in [-0.2, 0) is 9.59 Å². The standard InChI is InChI=1S/C13H23N3O4/c1-4-15(5-2)11(17)8-14(3)13(20)16(9-12(18)19)10-6-7-10/h10H,4-9H2,1-3H3,(H,18,19). The van der Waals surface area contributed by atoms with Gasteiger partial charge in [0.15, 0.2) is 0 Å². The van der Waals surface area contributed by atoms with Crippen LogP contribution in [0.15, 0.2) is 0 Å². The monoisotopic (exact) mass is 285 g/mol. The lowest BCUT2D eigenvalue weighted by Gasteiger charge is -2.28. The van der Waals surface area contributed by atoms with Crippen LogP contribution in [-0.4, -0.2) is 77.0 Å². The lowest BCUT2D eigenvalue weighted by atomic mass is 10.4. The van der Waals surface area contributed by atoms with Crippen LogP contribution in [0.1, 0.15) is 26.7 Å². The molecule has 1 N–H and O–H groups in total. The normalized spacial score (nSPS) is 13.8. The quantitative estimate of drug-likeness (QED) is 0.736. The van der Waals surface area contributed by atoms with E-state index in [0.717, 1.165) is 12.8 Å². The Bertz CT molecular complexity index is 378. The summed E-state index contributed by atoms with van der Waals surface area (Å²) in [5, 5.41) is 8.85. The Hall–Kier alpha value is -1.79. The highest BCUT2D eigenvalue weighted by Gasteiger charge is 2.35. The van der Waals surface area contributed by atoms with Gasteiger partial charge in [0.25, 0.3) is 0 Å². The van der Waals surface area contributed by atoms with Gasteiger partial charge in [0.1, 0.15) is 13.1 Å². The Balaban J connectivity index is 2.60. The second-order valence-electron chi connectivity index (χ2n) is 4.96. The number of nitrogens with zero attached hydrogens (tertiary/aromatic N) is 3. The first kappa shape index (κ1) is 16.3. The summed E-state index contributed by atoms with van der Waals surface area (Å²) in [4.78, 5) is 39.2. The fourth-order valence-electron chi connectivity index (χ4n) is 2.05. The van der Waals surface area contributed by atoms with E-state index < -0.39 is 12.0 Å². The first-order valence-electron chi connectivity index (χ1n) is 6.91. The van der Waals surface area contributed by atoms with Gasteiger partial charge in [-0.2, -0.15) is 0 Å². The van der Waals surface area contributed by atoms with Crippen LogP contribution < -0.4 is 0 Å². The van der Waals surface area contributed by atoms with Gasteiger partial charge in [0.2, 0.25) is 5.91 Å². The number of carboxylic acids is 1. The van der Waals surface area contributed by atoms with Gasteiger partial charge in [0.05, 0.1) is 0 Å². The maximum Gasteiger partial charge on any atom is 0.323 e. The predicted molar refractivity (Wildman–Crippen MR) is 73.3 cm³/mol. The van der Waals surface area contributed by atoms with Crippen molar-refractivity contribution in [2.45, 2.75) is 32.7 Å². The van der Waals surface area contributed by atoms with Crippen molar-refractivity contribution in [1.29, 1.82) is 0 Å². The van der Waals surface area contributed by atoms with Gasteiger partial charge in [-0.25, -0.2) is 4.79 Å². The van der Waals surface area contributed by atoms with Gasteiger partial charge in [0, 0.05) is 26.2 Å². The molecule has 1 rings (SSSR count). The molecular formula is C13H23N3O4. The molecule has 0 saturated heterocycles. The van der Waals surface area contributed by atoms with Gasteiger partial charge in [-0.3, -0.25) is 9.59 Å². The summed E-state index contributed by atoms with van der Waals surface area (Å²) in [6.07, 6.45) is 1.66. The molecule has 1 fully saturated rings. The Labute approximate surface area is 119 Å². The molecule has 0 atom stereocenters. The van der Waals surface area contributed by atoms with E-state index in [4.69, 9.17) is 5.11 Å². The van der Waals surface area contributed by atoms with Crippen LogP contribution in [0.5, 0.6) is 0 Å². The Morgan fingerprint density at radius 1 is 1.10 bits per heavy atom. The molecule has 1 aliphatic carbocycles. The molecule has 1 aliphatic rings. The van der Waals surface area contributed by atoms with Crippen LogP contribution in [0.4, 0.5) is 4.79 Å². The molecule has 0 aromatic heterocycles. The number of amides is 3. The highest BCUT2D eigenvalue weighted by Crippen LogP contribution is 2.27. The lowest BCUT2D eigenvalue weighted by Crippen LogP contribution is -2.48. The van der Waals surface area contributed by atoms with E-state index >= 15 is 0 Å². The molecule has 7 heteroatoms. The third-order valence-electron chi connectivity index (χ3n) is 3.35. The van der Waals surface area contributed by atoms with Crippen LogP contribution in [0.2, 0.25) is 0 Å². The number of carbonyl (C=O) groups is 3. The Kier molecular flexibility index (Phi) is 5.79. The maximum absolute atomic E-state index is 12.2. The minimum atomic E-state index is -1.03. The van der Waals surface area contributed by atoms with Crippen molar-refractivity contribution >= 4 is 17.9 Å². The summed E-state index contributed by atoms with van der Waals surface area (Å²) in [7, 11) is 1.53. The minimum Gasteiger partial charge on any atom is -0.480 e. The van der Waals surface area contributed by atoms with Crippen LogP contribution in [0.25, 0.3) is 0 Å². The summed E-state index contributed by atoms with van der Waals surface area (Å²) < 4.78 is 0. The van der Waals surface area contributed by atoms with E-state index in [1.165, 1.54) is 16.8 Å². The molecular weight excluding hydrogens is 262 g/mol. The van der Waals surface area contributed by atoms with Crippen LogP contribution in [0.3, 0.4) is 0 Å². The first-order valence-corrected chi connectivity index (χ1v) is 6.91. The molecule has 1 saturated carbocycles. The highest BCUT2D eigenvalue weighted by atomic mass is 16.4. The van der Waals surface area contributed by atoms with Gasteiger partial charge in [-0.1, -0.05) is 0 Å². The van der Waals surface area contributed by atoms with Crippen molar-refractivity contribution in [3.05, 3.63) is 0 Å². The molecule has 0 radical (unpaired) electrons. The van der Waals surface area contributed by atoms with Crippen molar-refractivity contribution in [2.75, 3.05) is 33.2 Å². The number of hydrogen-bond donors (Lipinski definition) is 1. The summed E-state index contributed by atoms with van der Waals surface area (Å²) in [6.45, 7) is 4.61. The molecule has 20 heavy (non-hydrogen) atoms. The van der Waals surface area contributed by atoms with Gasteiger partial charge < -0.3 is 19.8 Å². The molecule has 114 valence electrons. The number of aliphatic carboxylic acids is 1. The van der Waals surface area contributed by atoms with Gasteiger partial charge in [-0.15, -0.1) is 0 Å². The van der Waals surface area contributed by atoms with Crippen molar-refractivity contribution in [3.8, 4) is 0 Å². The van der Waals surface area contributed by atoms with E-state index in [2.05, 4.69) is 0 Å². The number of hydrogen-bond acceptors (Lipinski definition) is 3. The number of likely N-dealkylation sites (N-methyl/N-ethyl adjacent to an activating group) is 2. The zero-order chi connectivity index (χ0) is 15.3. The summed E-state index contributed by atoms with van der Waals surface area (Å²) >= 11 is 0. The second-order valence-corrected chi connectivity index (χ2v) is 4.96. The average Bonchev–Trinajstić information content (AvgIpc) is 3.20. The zero-order valence-corrected chi connectivity index (χ0v) is 12.3. The number of urea groups is 1. The zero-order valence-electron chi connectivity index (χ0n) is 12.3. The minimum absolute atomic E-state index is 0.00426. The largest absolute Gasteiger partial charge is 0.480 e. The lowest BCUT2D eigenvalue weighted by molar-refractivity contribution is -0.137. The SMILES string of the molecule is CCN(CC)C(=O)CN(C)C(=O)N(CC(=O)O)C1CC1. The molecule has 0 aromatic carbocycles. The van der Waals surface area contributed by atoms with E-state index in [-0.39, 0.29) is 25.0 Å². The fraction of sp³-hybridized carbons (Fsp3) is 0.769. The molecule has 0 heterocycles. The van der Waals surface area contributed by atoms with Crippen LogP contribution in [0, 0.1) is 0 Å². The highest BCUT2D eigenvalue weighted by molar-refractivity contribution is 5.86. The molecule has 3 amide bonds. The summed E-state index contributed by atoms with van der Waals surface area (Å²) in [6, 6.07) is -0.389. The number of carbonyl (C=O) groups excluding carboxylic acids is 2. The number of rotatable bonds is 7. The second kappa shape index (κ2) is 7.12. The molecule has 0 aromatic rings. The Morgan fingerprint density at radius 3 is 2.05 bits per heavy atom. The molecule has 0 spiro atoms. The van der Waals surface area contributed by atoms with Crippen molar-refractivity contribution in [3.63, 3.8) is 0 Å². The van der Waals surface area contributed by atoms with Crippen molar-refractivity contribution < 1.29 is 19.5 Å². The van der Waals surface area contributed by atoms with Crippen molar-refractivity contribution in [1.82, 2.24) is 14.7 Å². The van der Waals surface area contributed by atoms with E-state index in [1.807, 2.05) is 13.8 Å². The van der Waals surface area contributed by atoms with Gasteiger partial charge >= 0.3 is 12.0 Å². The first-order chi connectivity index (χ1) is 9.40. The maximum atomic E-state index is 12.2. The average molecular weight is 285 g/mol. The topological polar surface area (TPSA) is 81.2 Å². The van der Waals surface area contributed by atoms with E-state index in [0.29, 0.717) is 13.1 Å². The third kappa shape index (κ3) is 4.40. The molecule has 0 aliphatic heterocycles. The van der Waals surface area contributed by atoms with Gasteiger partial charge in [-0.05, 0) is 26.7 Å². The van der Waals surface area contributed by atoms with E-state index in [9.17, 15) is 14.4 Å². The Morgan fingerprint density at radius 2 is 1.65 bits per heavy atom. The van der Waals surface area contributed by atoms with E-state index in [1.54, 1.807) is 4.90 Å². The summed E-state index contributed by atoms with van der Waals surface area (Å²) in [5.74, 6) is -1.16. The third-order valence-corrected chi connectivity index (χ3v) is 3.35. The fourth-order valence-corrected chi connectivity index (χ4v) is 2.05. The summed E-state index contributed by atoms with van der Waals surface area (Å²) in [5.41, 5.74) is 0.